The third-order valence-electron chi connectivity index (χ3n) is 5.72. The summed E-state index contributed by atoms with van der Waals surface area (Å²) in [6.07, 6.45) is 4.40. The van der Waals surface area contributed by atoms with Crippen LogP contribution in [0.15, 0.2) is 95.3 Å². The van der Waals surface area contributed by atoms with E-state index in [-0.39, 0.29) is 5.91 Å². The molecule has 0 aliphatic carbocycles. The Labute approximate surface area is 223 Å². The smallest absolute Gasteiger partial charge is 0.267 e. The number of aliphatic imine (C=N–C) groups is 1. The molecule has 0 bridgehead atoms. The van der Waals surface area contributed by atoms with Crippen molar-refractivity contribution in [1.29, 1.82) is 0 Å². The number of ether oxygens (including phenoxy) is 2. The summed E-state index contributed by atoms with van der Waals surface area (Å²) in [6.45, 7) is 9.82. The van der Waals surface area contributed by atoms with Gasteiger partial charge in [-0.1, -0.05) is 66.7 Å². The Morgan fingerprint density at radius 2 is 1.62 bits per heavy atom. The summed E-state index contributed by atoms with van der Waals surface area (Å²) in [4.78, 5) is 20.8. The Morgan fingerprint density at radius 1 is 0.946 bits per heavy atom. The average Bonchev–Trinajstić information content (AvgIpc) is 3.20. The molecule has 1 aliphatic heterocycles. The van der Waals surface area contributed by atoms with Gasteiger partial charge in [-0.05, 0) is 66.9 Å². The first kappa shape index (κ1) is 26.3. The largest absolute Gasteiger partial charge is 0.490 e. The lowest BCUT2D eigenvalue weighted by Crippen LogP contribution is -2.28. The van der Waals surface area contributed by atoms with Crippen LogP contribution in [0, 0.1) is 0 Å². The molecule has 0 spiro atoms. The van der Waals surface area contributed by atoms with Gasteiger partial charge in [-0.15, -0.1) is 6.58 Å². The van der Waals surface area contributed by atoms with Gasteiger partial charge in [-0.25, -0.2) is 0 Å². The van der Waals surface area contributed by atoms with Gasteiger partial charge < -0.3 is 9.47 Å². The fourth-order valence-electron chi connectivity index (χ4n) is 4.07. The Balaban J connectivity index is 1.70. The Bertz CT molecular complexity index is 1290. The summed E-state index contributed by atoms with van der Waals surface area (Å²) in [5.41, 5.74) is 4.01. The van der Waals surface area contributed by atoms with E-state index < -0.39 is 0 Å². The summed E-state index contributed by atoms with van der Waals surface area (Å²) >= 11 is 1.41. The van der Waals surface area contributed by atoms with E-state index in [2.05, 4.69) is 6.58 Å². The molecule has 37 heavy (non-hydrogen) atoms. The highest BCUT2D eigenvalue weighted by atomic mass is 32.2. The standard InChI is InChI=1S/C31H32N2O3S/c1-4-13-26-18-25(19-27(35-5-2)29(26)36-6-3)20-28-30(34)33(22-24-16-11-8-12-17-24)31(37-28)32-21-23-14-9-7-10-15-23/h4,7-12,14-20H,1,5-6,13,21-22H2,2-3H3/b28-20+,32-31?. The van der Waals surface area contributed by atoms with E-state index in [1.54, 1.807) is 4.90 Å². The molecule has 1 heterocycles. The van der Waals surface area contributed by atoms with E-state index in [4.69, 9.17) is 14.5 Å². The van der Waals surface area contributed by atoms with Crippen LogP contribution in [0.3, 0.4) is 0 Å². The molecule has 1 fully saturated rings. The maximum atomic E-state index is 13.6. The van der Waals surface area contributed by atoms with E-state index in [9.17, 15) is 4.79 Å². The molecule has 6 heteroatoms. The van der Waals surface area contributed by atoms with Crippen LogP contribution >= 0.6 is 11.8 Å². The van der Waals surface area contributed by atoms with Crippen LogP contribution in [0.1, 0.15) is 36.1 Å². The third-order valence-corrected chi connectivity index (χ3v) is 6.76. The number of carbonyl (C=O) groups is 1. The number of benzene rings is 3. The van der Waals surface area contributed by atoms with E-state index in [0.717, 1.165) is 28.0 Å². The molecule has 1 amide bonds. The summed E-state index contributed by atoms with van der Waals surface area (Å²) < 4.78 is 11.8. The Kier molecular flexibility index (Phi) is 9.22. The molecule has 190 valence electrons. The highest BCUT2D eigenvalue weighted by molar-refractivity contribution is 8.18. The van der Waals surface area contributed by atoms with Gasteiger partial charge in [0.2, 0.25) is 0 Å². The van der Waals surface area contributed by atoms with Gasteiger partial charge in [0.1, 0.15) is 0 Å². The molecule has 1 aliphatic rings. The molecule has 4 rings (SSSR count). The number of carbonyl (C=O) groups excluding carboxylic acids is 1. The summed E-state index contributed by atoms with van der Waals surface area (Å²) in [5.74, 6) is 1.34. The molecule has 5 nitrogen and oxygen atoms in total. The van der Waals surface area contributed by atoms with Crippen molar-refractivity contribution >= 4 is 28.9 Å². The molecule has 1 saturated heterocycles. The molecule has 0 atom stereocenters. The van der Waals surface area contributed by atoms with Crippen molar-refractivity contribution in [3.05, 3.63) is 113 Å². The minimum atomic E-state index is -0.0576. The fourth-order valence-corrected chi connectivity index (χ4v) is 5.05. The van der Waals surface area contributed by atoms with Crippen LogP contribution in [-0.4, -0.2) is 29.2 Å². The van der Waals surface area contributed by atoms with Crippen LogP contribution < -0.4 is 9.47 Å². The zero-order valence-electron chi connectivity index (χ0n) is 21.4. The number of amidine groups is 1. The molecule has 3 aromatic rings. The third kappa shape index (κ3) is 6.71. The second kappa shape index (κ2) is 13.0. The van der Waals surface area contributed by atoms with Gasteiger partial charge in [0.25, 0.3) is 5.91 Å². The lowest BCUT2D eigenvalue weighted by atomic mass is 10.0. The van der Waals surface area contributed by atoms with E-state index in [0.29, 0.717) is 48.5 Å². The van der Waals surface area contributed by atoms with E-state index in [1.807, 2.05) is 98.8 Å². The van der Waals surface area contributed by atoms with Crippen molar-refractivity contribution in [3.63, 3.8) is 0 Å². The lowest BCUT2D eigenvalue weighted by Gasteiger charge is -2.16. The minimum absolute atomic E-state index is 0.0576. The van der Waals surface area contributed by atoms with Crippen molar-refractivity contribution in [2.24, 2.45) is 4.99 Å². The van der Waals surface area contributed by atoms with Gasteiger partial charge in [0.05, 0.1) is 31.2 Å². The normalized spacial score (nSPS) is 15.4. The molecular weight excluding hydrogens is 480 g/mol. The van der Waals surface area contributed by atoms with Crippen molar-refractivity contribution in [3.8, 4) is 11.5 Å². The molecular formula is C31H32N2O3S. The van der Waals surface area contributed by atoms with Gasteiger partial charge in [-0.3, -0.25) is 14.7 Å². The number of amides is 1. The summed E-state index contributed by atoms with van der Waals surface area (Å²) in [7, 11) is 0. The van der Waals surface area contributed by atoms with Crippen LogP contribution in [0.5, 0.6) is 11.5 Å². The minimum Gasteiger partial charge on any atom is -0.490 e. The Morgan fingerprint density at radius 3 is 2.27 bits per heavy atom. The van der Waals surface area contributed by atoms with Crippen molar-refractivity contribution < 1.29 is 14.3 Å². The number of rotatable bonds is 11. The second-order valence-electron chi connectivity index (χ2n) is 8.44. The SMILES string of the molecule is C=CCc1cc(/C=C2/SC(=NCc3ccccc3)N(Cc3ccccc3)C2=O)cc(OCC)c1OCC. The number of hydrogen-bond donors (Lipinski definition) is 0. The van der Waals surface area contributed by atoms with Gasteiger partial charge in [-0.2, -0.15) is 0 Å². The monoisotopic (exact) mass is 512 g/mol. The van der Waals surface area contributed by atoms with Crippen molar-refractivity contribution in [1.82, 2.24) is 4.90 Å². The van der Waals surface area contributed by atoms with Gasteiger partial charge in [0, 0.05) is 5.56 Å². The van der Waals surface area contributed by atoms with E-state index >= 15 is 0 Å². The van der Waals surface area contributed by atoms with Crippen molar-refractivity contribution in [2.45, 2.75) is 33.4 Å². The Hall–Kier alpha value is -3.77. The first-order valence-corrected chi connectivity index (χ1v) is 13.3. The number of nitrogens with zero attached hydrogens (tertiary/aromatic N) is 2. The maximum absolute atomic E-state index is 13.6. The number of thioether (sulfide) groups is 1. The maximum Gasteiger partial charge on any atom is 0.267 e. The predicted octanol–water partition coefficient (Wildman–Crippen LogP) is 6.89. The summed E-state index contributed by atoms with van der Waals surface area (Å²) in [6, 6.07) is 24.0. The molecule has 0 aromatic heterocycles. The van der Waals surface area contributed by atoms with Gasteiger partial charge in [0.15, 0.2) is 16.7 Å². The number of allylic oxidation sites excluding steroid dienone is 1. The zero-order chi connectivity index (χ0) is 26.0. The summed E-state index contributed by atoms with van der Waals surface area (Å²) in [5, 5.41) is 0.700. The van der Waals surface area contributed by atoms with Crippen LogP contribution in [0.25, 0.3) is 6.08 Å². The molecule has 0 radical (unpaired) electrons. The quantitative estimate of drug-likeness (QED) is 0.207. The van der Waals surface area contributed by atoms with Crippen LogP contribution in [0.4, 0.5) is 0 Å². The first-order chi connectivity index (χ1) is 18.1. The highest BCUT2D eigenvalue weighted by Crippen LogP contribution is 2.38. The average molecular weight is 513 g/mol. The lowest BCUT2D eigenvalue weighted by molar-refractivity contribution is -0.122. The topological polar surface area (TPSA) is 51.1 Å². The number of hydrogen-bond acceptors (Lipinski definition) is 5. The first-order valence-electron chi connectivity index (χ1n) is 12.5. The predicted molar refractivity (Wildman–Crippen MR) is 153 cm³/mol. The zero-order valence-corrected chi connectivity index (χ0v) is 22.2. The second-order valence-corrected chi connectivity index (χ2v) is 9.45. The molecule has 3 aromatic carbocycles. The van der Waals surface area contributed by atoms with Crippen LogP contribution in [0.2, 0.25) is 0 Å². The molecule has 0 N–H and O–H groups in total. The fraction of sp³-hybridized carbons (Fsp3) is 0.226. The van der Waals surface area contributed by atoms with E-state index in [1.165, 1.54) is 11.8 Å². The highest BCUT2D eigenvalue weighted by Gasteiger charge is 2.33. The van der Waals surface area contributed by atoms with Gasteiger partial charge >= 0.3 is 0 Å². The van der Waals surface area contributed by atoms with Crippen molar-refractivity contribution in [2.75, 3.05) is 13.2 Å². The molecule has 0 saturated carbocycles. The van der Waals surface area contributed by atoms with Crippen LogP contribution in [-0.2, 0) is 24.3 Å². The molecule has 0 unspecified atom stereocenters.